The molecule has 5 nitrogen and oxygen atoms in total. The fraction of sp³-hybridized carbons (Fsp3) is 0.429. The summed E-state index contributed by atoms with van der Waals surface area (Å²) >= 11 is 0. The molecular formula is C7H11N3O2S. The van der Waals surface area contributed by atoms with E-state index in [0.29, 0.717) is 12.2 Å². The maximum absolute atomic E-state index is 11.2. The van der Waals surface area contributed by atoms with Crippen LogP contribution in [0.5, 0.6) is 0 Å². The summed E-state index contributed by atoms with van der Waals surface area (Å²) in [6.07, 6.45) is 3.36. The van der Waals surface area contributed by atoms with Crippen molar-refractivity contribution in [2.45, 2.75) is 13.3 Å². The Labute approximate surface area is 77.3 Å². The lowest BCUT2D eigenvalue weighted by molar-refractivity contribution is 0.599. The fourth-order valence-electron chi connectivity index (χ4n) is 0.830. The number of hydrogen-bond donors (Lipinski definition) is 1. The number of nitrogens with zero attached hydrogens (tertiary/aromatic N) is 2. The van der Waals surface area contributed by atoms with E-state index >= 15 is 0 Å². The van der Waals surface area contributed by atoms with Crippen LogP contribution >= 0.6 is 0 Å². The van der Waals surface area contributed by atoms with Crippen LogP contribution in [-0.4, -0.2) is 24.1 Å². The molecule has 0 aliphatic heterocycles. The molecule has 0 amide bonds. The van der Waals surface area contributed by atoms with E-state index in [-0.39, 0.29) is 5.75 Å². The Morgan fingerprint density at radius 1 is 1.54 bits per heavy atom. The van der Waals surface area contributed by atoms with Crippen LogP contribution in [0.15, 0.2) is 18.6 Å². The average Bonchev–Trinajstić information content (AvgIpc) is 2.04. The molecule has 0 bridgehead atoms. The number of anilines is 1. The van der Waals surface area contributed by atoms with Gasteiger partial charge in [-0.3, -0.25) is 4.72 Å². The van der Waals surface area contributed by atoms with Crippen molar-refractivity contribution < 1.29 is 8.42 Å². The van der Waals surface area contributed by atoms with Crippen molar-refractivity contribution in [2.24, 2.45) is 0 Å². The van der Waals surface area contributed by atoms with Gasteiger partial charge in [-0.05, 0) is 12.5 Å². The lowest BCUT2D eigenvalue weighted by atomic mass is 10.6. The summed E-state index contributed by atoms with van der Waals surface area (Å²) in [4.78, 5) is 7.42. The van der Waals surface area contributed by atoms with Gasteiger partial charge in [0.15, 0.2) is 0 Å². The molecule has 1 rings (SSSR count). The van der Waals surface area contributed by atoms with Crippen molar-refractivity contribution in [3.8, 4) is 0 Å². The second-order valence-electron chi connectivity index (χ2n) is 2.52. The van der Waals surface area contributed by atoms with Gasteiger partial charge in [-0.2, -0.15) is 0 Å². The van der Waals surface area contributed by atoms with E-state index in [9.17, 15) is 8.42 Å². The van der Waals surface area contributed by atoms with Crippen molar-refractivity contribution in [3.05, 3.63) is 18.6 Å². The molecule has 1 aromatic rings. The summed E-state index contributed by atoms with van der Waals surface area (Å²) < 4.78 is 24.8. The van der Waals surface area contributed by atoms with Crippen molar-refractivity contribution in [1.29, 1.82) is 0 Å². The van der Waals surface area contributed by atoms with E-state index in [0.717, 1.165) is 0 Å². The van der Waals surface area contributed by atoms with Crippen LogP contribution in [0, 0.1) is 0 Å². The molecule has 0 spiro atoms. The van der Waals surface area contributed by atoms with Gasteiger partial charge >= 0.3 is 0 Å². The number of hydrogen-bond acceptors (Lipinski definition) is 4. The maximum atomic E-state index is 11.2. The average molecular weight is 201 g/mol. The van der Waals surface area contributed by atoms with Gasteiger partial charge in [-0.25, -0.2) is 18.4 Å². The number of aromatic nitrogens is 2. The van der Waals surface area contributed by atoms with Crippen LogP contribution in [-0.2, 0) is 10.0 Å². The van der Waals surface area contributed by atoms with Crippen LogP contribution in [0.4, 0.5) is 5.82 Å². The minimum atomic E-state index is -3.22. The first-order chi connectivity index (χ1) is 6.14. The highest BCUT2D eigenvalue weighted by molar-refractivity contribution is 7.92. The van der Waals surface area contributed by atoms with E-state index in [2.05, 4.69) is 14.7 Å². The molecular weight excluding hydrogens is 190 g/mol. The van der Waals surface area contributed by atoms with E-state index in [1.165, 1.54) is 18.6 Å². The standard InChI is InChI=1S/C7H11N3O2S/c1-2-5-13(11,12)10-7-3-4-8-6-9-7/h3-4,6H,2,5H2,1H3,(H,8,9,10). The lowest BCUT2D eigenvalue weighted by Gasteiger charge is -2.04. The Bertz CT molecular complexity index is 349. The zero-order chi connectivity index (χ0) is 9.73. The summed E-state index contributed by atoms with van der Waals surface area (Å²) in [7, 11) is -3.22. The summed E-state index contributed by atoms with van der Waals surface area (Å²) in [5, 5.41) is 0. The normalized spacial score (nSPS) is 11.2. The highest BCUT2D eigenvalue weighted by atomic mass is 32.2. The van der Waals surface area contributed by atoms with E-state index in [1.807, 2.05) is 0 Å². The van der Waals surface area contributed by atoms with Crippen LogP contribution in [0.25, 0.3) is 0 Å². The maximum Gasteiger partial charge on any atom is 0.233 e. The largest absolute Gasteiger partial charge is 0.267 e. The van der Waals surface area contributed by atoms with Crippen LogP contribution in [0.1, 0.15) is 13.3 Å². The zero-order valence-electron chi connectivity index (χ0n) is 7.27. The smallest absolute Gasteiger partial charge is 0.233 e. The van der Waals surface area contributed by atoms with Crippen molar-refractivity contribution >= 4 is 15.8 Å². The molecule has 1 heterocycles. The van der Waals surface area contributed by atoms with Gasteiger partial charge in [-0.1, -0.05) is 6.92 Å². The minimum Gasteiger partial charge on any atom is -0.267 e. The first-order valence-corrected chi connectivity index (χ1v) is 5.56. The topological polar surface area (TPSA) is 72.0 Å². The minimum absolute atomic E-state index is 0.108. The van der Waals surface area contributed by atoms with E-state index in [4.69, 9.17) is 0 Å². The summed E-state index contributed by atoms with van der Waals surface area (Å²) in [6.45, 7) is 1.80. The number of sulfonamides is 1. The molecule has 6 heteroatoms. The van der Waals surface area contributed by atoms with Gasteiger partial charge in [0.1, 0.15) is 12.1 Å². The third-order valence-electron chi connectivity index (χ3n) is 1.31. The molecule has 0 radical (unpaired) electrons. The number of nitrogens with one attached hydrogen (secondary N) is 1. The van der Waals surface area contributed by atoms with Gasteiger partial charge in [-0.15, -0.1) is 0 Å². The Balaban J connectivity index is 2.70. The first-order valence-electron chi connectivity index (χ1n) is 3.90. The predicted molar refractivity (Wildman–Crippen MR) is 49.7 cm³/mol. The highest BCUT2D eigenvalue weighted by Crippen LogP contribution is 2.02. The lowest BCUT2D eigenvalue weighted by Crippen LogP contribution is -2.16. The molecule has 0 fully saturated rings. The van der Waals surface area contributed by atoms with Crippen LogP contribution < -0.4 is 4.72 Å². The van der Waals surface area contributed by atoms with E-state index in [1.54, 1.807) is 6.92 Å². The molecule has 1 aromatic heterocycles. The molecule has 0 saturated heterocycles. The molecule has 72 valence electrons. The van der Waals surface area contributed by atoms with Gasteiger partial charge in [0.2, 0.25) is 10.0 Å². The molecule has 1 N–H and O–H groups in total. The molecule has 0 saturated carbocycles. The summed E-state index contributed by atoms with van der Waals surface area (Å²) in [6, 6.07) is 1.51. The third-order valence-corrected chi connectivity index (χ3v) is 2.78. The van der Waals surface area contributed by atoms with Gasteiger partial charge < -0.3 is 0 Å². The zero-order valence-corrected chi connectivity index (χ0v) is 8.08. The first kappa shape index (κ1) is 9.91. The van der Waals surface area contributed by atoms with Gasteiger partial charge in [0.25, 0.3) is 0 Å². The van der Waals surface area contributed by atoms with Gasteiger partial charge in [0, 0.05) is 6.20 Å². The fourth-order valence-corrected chi connectivity index (χ4v) is 1.91. The molecule has 0 atom stereocenters. The second-order valence-corrected chi connectivity index (χ2v) is 4.36. The Morgan fingerprint density at radius 2 is 2.31 bits per heavy atom. The van der Waals surface area contributed by atoms with Crippen molar-refractivity contribution in [1.82, 2.24) is 9.97 Å². The van der Waals surface area contributed by atoms with E-state index < -0.39 is 10.0 Å². The molecule has 0 aliphatic carbocycles. The SMILES string of the molecule is CCCS(=O)(=O)Nc1ccncn1. The third kappa shape index (κ3) is 3.37. The molecule has 0 unspecified atom stereocenters. The Kier molecular flexibility index (Phi) is 3.18. The molecule has 0 aromatic carbocycles. The highest BCUT2D eigenvalue weighted by Gasteiger charge is 2.08. The Hall–Kier alpha value is -1.17. The summed E-state index contributed by atoms with van der Waals surface area (Å²) in [5.74, 6) is 0.417. The second kappa shape index (κ2) is 4.18. The van der Waals surface area contributed by atoms with Crippen molar-refractivity contribution in [3.63, 3.8) is 0 Å². The molecule has 13 heavy (non-hydrogen) atoms. The van der Waals surface area contributed by atoms with Gasteiger partial charge in [0.05, 0.1) is 5.75 Å². The monoisotopic (exact) mass is 201 g/mol. The summed E-state index contributed by atoms with van der Waals surface area (Å²) in [5.41, 5.74) is 0. The Morgan fingerprint density at radius 3 is 2.85 bits per heavy atom. The van der Waals surface area contributed by atoms with Crippen LogP contribution in [0.2, 0.25) is 0 Å². The van der Waals surface area contributed by atoms with Crippen molar-refractivity contribution in [2.75, 3.05) is 10.5 Å². The predicted octanol–water partition coefficient (Wildman–Crippen LogP) is 0.628. The molecule has 0 aliphatic rings. The quantitative estimate of drug-likeness (QED) is 0.775. The number of rotatable bonds is 4. The van der Waals surface area contributed by atoms with Crippen LogP contribution in [0.3, 0.4) is 0 Å².